The fourth-order valence-electron chi connectivity index (χ4n) is 2.45. The molecular formula is C18H15F3N4O3S. The van der Waals surface area contributed by atoms with Gasteiger partial charge >= 0.3 is 6.18 Å². The van der Waals surface area contributed by atoms with E-state index in [1.807, 2.05) is 0 Å². The predicted octanol–water partition coefficient (Wildman–Crippen LogP) is 3.64. The van der Waals surface area contributed by atoms with Crippen molar-refractivity contribution in [1.29, 1.82) is 0 Å². The Kier molecular flexibility index (Phi) is 6.06. The van der Waals surface area contributed by atoms with Crippen molar-refractivity contribution in [1.82, 2.24) is 5.32 Å². The number of carbonyl (C=O) groups excluding carboxylic acids is 2. The Morgan fingerprint density at radius 1 is 1.28 bits per heavy atom. The quantitative estimate of drug-likeness (QED) is 0.566. The van der Waals surface area contributed by atoms with Crippen LogP contribution in [-0.4, -0.2) is 27.9 Å². The number of alkyl halides is 3. The number of amides is 2. The Labute approximate surface area is 167 Å². The number of nitrogens with one attached hydrogen (secondary N) is 2. The molecular weight excluding hydrogens is 409 g/mol. The zero-order valence-electron chi connectivity index (χ0n) is 15.0. The first kappa shape index (κ1) is 20.6. The minimum Gasteiger partial charge on any atom is -0.463 e. The molecule has 0 saturated carbocycles. The largest absolute Gasteiger partial charge is 0.463 e. The minimum absolute atomic E-state index is 0.189. The summed E-state index contributed by atoms with van der Waals surface area (Å²) in [5.74, 6) is -0.673. The van der Waals surface area contributed by atoms with Crippen LogP contribution >= 0.6 is 11.8 Å². The van der Waals surface area contributed by atoms with Gasteiger partial charge in [-0.05, 0) is 31.2 Å². The van der Waals surface area contributed by atoms with E-state index in [-0.39, 0.29) is 17.3 Å². The molecule has 1 saturated heterocycles. The summed E-state index contributed by atoms with van der Waals surface area (Å²) < 4.78 is 44.2. The summed E-state index contributed by atoms with van der Waals surface area (Å²) in [5, 5.41) is 11.9. The van der Waals surface area contributed by atoms with Gasteiger partial charge in [0.15, 0.2) is 5.17 Å². The maximum atomic E-state index is 13.0. The van der Waals surface area contributed by atoms with Gasteiger partial charge in [0.2, 0.25) is 11.8 Å². The molecule has 1 atom stereocenters. The van der Waals surface area contributed by atoms with Gasteiger partial charge in [-0.15, -0.1) is 10.2 Å². The molecule has 0 radical (unpaired) electrons. The monoisotopic (exact) mass is 424 g/mol. The molecule has 29 heavy (non-hydrogen) atoms. The number of benzene rings is 1. The predicted molar refractivity (Wildman–Crippen MR) is 103 cm³/mol. The van der Waals surface area contributed by atoms with Crippen molar-refractivity contribution in [3.05, 3.63) is 54.0 Å². The lowest BCUT2D eigenvalue weighted by atomic mass is 10.1. The van der Waals surface area contributed by atoms with E-state index >= 15 is 0 Å². The molecule has 152 valence electrons. The first-order valence-electron chi connectivity index (χ1n) is 8.34. The number of hydrogen-bond acceptors (Lipinski definition) is 6. The van der Waals surface area contributed by atoms with Crippen molar-refractivity contribution in [2.45, 2.75) is 24.8 Å². The minimum atomic E-state index is -4.60. The fourth-order valence-corrected chi connectivity index (χ4v) is 3.37. The Morgan fingerprint density at radius 2 is 2.03 bits per heavy atom. The van der Waals surface area contributed by atoms with Crippen LogP contribution < -0.4 is 10.6 Å². The smallest absolute Gasteiger partial charge is 0.418 e. The number of carbonyl (C=O) groups is 2. The third-order valence-corrected chi connectivity index (χ3v) is 4.89. The Bertz CT molecular complexity index is 971. The van der Waals surface area contributed by atoms with Crippen molar-refractivity contribution < 1.29 is 27.2 Å². The molecule has 0 bridgehead atoms. The van der Waals surface area contributed by atoms with Crippen molar-refractivity contribution in [3.8, 4) is 0 Å². The zero-order chi connectivity index (χ0) is 21.0. The number of thioether (sulfide) groups is 1. The number of nitrogens with zero attached hydrogens (tertiary/aromatic N) is 2. The zero-order valence-corrected chi connectivity index (χ0v) is 15.8. The lowest BCUT2D eigenvalue weighted by Crippen LogP contribution is -2.28. The second kappa shape index (κ2) is 8.52. The van der Waals surface area contributed by atoms with Gasteiger partial charge in [-0.25, -0.2) is 0 Å². The van der Waals surface area contributed by atoms with E-state index in [0.717, 1.165) is 23.9 Å². The lowest BCUT2D eigenvalue weighted by molar-refractivity contribution is -0.137. The lowest BCUT2D eigenvalue weighted by Gasteiger charge is -2.14. The highest BCUT2D eigenvalue weighted by atomic mass is 32.2. The molecule has 1 aromatic heterocycles. The van der Waals surface area contributed by atoms with Gasteiger partial charge in [0.05, 0.1) is 17.5 Å². The van der Waals surface area contributed by atoms with Crippen LogP contribution in [0.2, 0.25) is 0 Å². The molecule has 11 heteroatoms. The molecule has 1 fully saturated rings. The number of rotatable bonds is 5. The summed E-state index contributed by atoms with van der Waals surface area (Å²) in [6.45, 7) is 1.67. The van der Waals surface area contributed by atoms with Crippen LogP contribution in [0.5, 0.6) is 0 Å². The molecule has 2 aromatic rings. The number of hydrogen-bond donors (Lipinski definition) is 2. The van der Waals surface area contributed by atoms with Crippen molar-refractivity contribution in [2.75, 3.05) is 5.32 Å². The summed E-state index contributed by atoms with van der Waals surface area (Å²) in [7, 11) is 0. The number of halogens is 3. The number of furan rings is 1. The normalized spacial score (nSPS) is 18.8. The van der Waals surface area contributed by atoms with Crippen LogP contribution in [0.1, 0.15) is 24.7 Å². The maximum absolute atomic E-state index is 13.0. The van der Waals surface area contributed by atoms with Crippen molar-refractivity contribution in [2.24, 2.45) is 10.2 Å². The average molecular weight is 424 g/mol. The molecule has 1 aliphatic rings. The Balaban J connectivity index is 1.63. The topological polar surface area (TPSA) is 96.1 Å². The molecule has 2 amide bonds. The van der Waals surface area contributed by atoms with Crippen LogP contribution in [0.3, 0.4) is 0 Å². The number of anilines is 1. The van der Waals surface area contributed by atoms with E-state index in [0.29, 0.717) is 11.5 Å². The molecule has 2 N–H and O–H groups in total. The van der Waals surface area contributed by atoms with E-state index in [1.165, 1.54) is 18.4 Å². The van der Waals surface area contributed by atoms with Crippen molar-refractivity contribution in [3.63, 3.8) is 0 Å². The highest BCUT2D eigenvalue weighted by Crippen LogP contribution is 2.34. The van der Waals surface area contributed by atoms with Crippen LogP contribution in [-0.2, 0) is 15.8 Å². The first-order chi connectivity index (χ1) is 13.7. The number of para-hydroxylation sites is 1. The molecule has 3 rings (SSSR count). The van der Waals surface area contributed by atoms with E-state index in [1.54, 1.807) is 19.1 Å². The van der Waals surface area contributed by atoms with Crippen LogP contribution in [0.25, 0.3) is 0 Å². The van der Waals surface area contributed by atoms with E-state index < -0.39 is 28.8 Å². The van der Waals surface area contributed by atoms with Gasteiger partial charge in [0, 0.05) is 6.42 Å². The summed E-state index contributed by atoms with van der Waals surface area (Å²) in [6, 6.07) is 8.03. The third-order valence-electron chi connectivity index (χ3n) is 3.82. The molecule has 1 unspecified atom stereocenters. The first-order valence-corrected chi connectivity index (χ1v) is 9.21. The Morgan fingerprint density at radius 3 is 2.72 bits per heavy atom. The molecule has 1 aliphatic heterocycles. The van der Waals surface area contributed by atoms with Crippen LogP contribution in [0, 0.1) is 0 Å². The summed E-state index contributed by atoms with van der Waals surface area (Å²) >= 11 is 0.975. The fraction of sp³-hybridized carbons (Fsp3) is 0.222. The second-order valence-corrected chi connectivity index (χ2v) is 7.15. The molecule has 1 aromatic carbocycles. The standard InChI is InChI=1S/C18H15F3N4O3S/c1-10(13-7-4-8-28-13)24-25-17-23-16(27)14(29-17)9-15(26)22-12-6-3-2-5-11(12)18(19,20)21/h2-8,14H,9H2,1H3,(H,22,26)(H,23,25,27)/b24-10-. The SMILES string of the molecule is C/C(=N/N=C1/NC(=O)C(CC(=O)Nc2ccccc2C(F)(F)F)S1)c1ccco1. The highest BCUT2D eigenvalue weighted by molar-refractivity contribution is 8.15. The van der Waals surface area contributed by atoms with Gasteiger partial charge in [-0.1, -0.05) is 23.9 Å². The van der Waals surface area contributed by atoms with Crippen molar-refractivity contribution >= 4 is 40.1 Å². The average Bonchev–Trinajstić information content (AvgIpc) is 3.30. The summed E-state index contributed by atoms with van der Waals surface area (Å²) in [5.41, 5.74) is -0.829. The van der Waals surface area contributed by atoms with E-state index in [2.05, 4.69) is 20.8 Å². The van der Waals surface area contributed by atoms with E-state index in [4.69, 9.17) is 4.42 Å². The maximum Gasteiger partial charge on any atom is 0.418 e. The van der Waals surface area contributed by atoms with Crippen LogP contribution in [0.4, 0.5) is 18.9 Å². The van der Waals surface area contributed by atoms with Gasteiger partial charge in [0.1, 0.15) is 16.7 Å². The van der Waals surface area contributed by atoms with Gasteiger partial charge < -0.3 is 15.1 Å². The van der Waals surface area contributed by atoms with Gasteiger partial charge in [0.25, 0.3) is 0 Å². The molecule has 2 heterocycles. The molecule has 0 aliphatic carbocycles. The van der Waals surface area contributed by atoms with Gasteiger partial charge in [-0.3, -0.25) is 9.59 Å². The molecule has 0 spiro atoms. The number of amidine groups is 1. The summed E-state index contributed by atoms with van der Waals surface area (Å²) in [6.07, 6.45) is -3.44. The highest BCUT2D eigenvalue weighted by Gasteiger charge is 2.35. The summed E-state index contributed by atoms with van der Waals surface area (Å²) in [4.78, 5) is 24.2. The molecule has 7 nitrogen and oxygen atoms in total. The second-order valence-electron chi connectivity index (χ2n) is 5.96. The van der Waals surface area contributed by atoms with Crippen LogP contribution in [0.15, 0.2) is 57.3 Å². The van der Waals surface area contributed by atoms with E-state index in [9.17, 15) is 22.8 Å². The Hall–Kier alpha value is -3.08. The third kappa shape index (κ3) is 5.25. The van der Waals surface area contributed by atoms with Gasteiger partial charge in [-0.2, -0.15) is 13.2 Å².